The first kappa shape index (κ1) is 22.2. The summed E-state index contributed by atoms with van der Waals surface area (Å²) in [6, 6.07) is 11.4. The van der Waals surface area contributed by atoms with E-state index in [-0.39, 0.29) is 29.7 Å². The molecule has 0 aliphatic carbocycles. The molecule has 2 saturated heterocycles. The number of hydrogen-bond acceptors (Lipinski definition) is 5. The highest BCUT2D eigenvalue weighted by Crippen LogP contribution is 2.25. The van der Waals surface area contributed by atoms with Crippen LogP contribution in [0.2, 0.25) is 0 Å². The zero-order valence-corrected chi connectivity index (χ0v) is 19.3. The third-order valence-electron chi connectivity index (χ3n) is 5.96. The van der Waals surface area contributed by atoms with Gasteiger partial charge in [0.2, 0.25) is 0 Å². The summed E-state index contributed by atoms with van der Waals surface area (Å²) in [6.45, 7) is 10.1. The van der Waals surface area contributed by atoms with Crippen LogP contribution in [-0.4, -0.2) is 70.0 Å². The van der Waals surface area contributed by atoms with E-state index in [2.05, 4.69) is 5.10 Å². The van der Waals surface area contributed by atoms with Gasteiger partial charge in [-0.3, -0.25) is 9.48 Å². The number of aryl methyl sites for hydroxylation is 1. The van der Waals surface area contributed by atoms with Gasteiger partial charge in [0.15, 0.2) is 6.10 Å². The fourth-order valence-electron chi connectivity index (χ4n) is 4.34. The molecule has 1 atom stereocenters. The van der Waals surface area contributed by atoms with Gasteiger partial charge in [-0.2, -0.15) is 5.10 Å². The van der Waals surface area contributed by atoms with E-state index >= 15 is 0 Å². The predicted octanol–water partition coefficient (Wildman–Crippen LogP) is 3.45. The van der Waals surface area contributed by atoms with Gasteiger partial charge in [0.05, 0.1) is 17.8 Å². The molecule has 1 aromatic heterocycles. The lowest BCUT2D eigenvalue weighted by molar-refractivity contribution is 0.0638. The van der Waals surface area contributed by atoms with E-state index in [0.29, 0.717) is 31.9 Å². The number of benzene rings is 1. The van der Waals surface area contributed by atoms with Gasteiger partial charge in [-0.05, 0) is 58.7 Å². The molecule has 32 heavy (non-hydrogen) atoms. The summed E-state index contributed by atoms with van der Waals surface area (Å²) in [6.07, 6.45) is 0.884. The van der Waals surface area contributed by atoms with Crippen molar-refractivity contribution in [3.8, 4) is 5.75 Å². The van der Waals surface area contributed by atoms with Crippen LogP contribution in [0.15, 0.2) is 36.4 Å². The Labute approximate surface area is 189 Å². The van der Waals surface area contributed by atoms with Crippen molar-refractivity contribution in [2.75, 3.05) is 26.2 Å². The van der Waals surface area contributed by atoms with Crippen molar-refractivity contribution in [2.45, 2.75) is 58.2 Å². The standard InChI is InChI=1S/C24H32N4O4/c1-17-14-21(28(25-17)24(2,3)4)22(29)26-12-10-18(11-13-26)27-15-20(32-23(27)30)16-31-19-8-6-5-7-9-19/h5-9,14,18,20H,10-13,15-16H2,1-4H3. The van der Waals surface area contributed by atoms with Gasteiger partial charge in [-0.25, -0.2) is 4.79 Å². The Bertz CT molecular complexity index is 958. The van der Waals surface area contributed by atoms with Gasteiger partial charge in [0, 0.05) is 19.1 Å². The minimum atomic E-state index is -0.294. The molecule has 8 nitrogen and oxygen atoms in total. The molecule has 1 aromatic carbocycles. The molecule has 0 bridgehead atoms. The van der Waals surface area contributed by atoms with Crippen LogP contribution in [0, 0.1) is 6.92 Å². The molecular formula is C24H32N4O4. The van der Waals surface area contributed by atoms with Crippen molar-refractivity contribution in [1.82, 2.24) is 19.6 Å². The summed E-state index contributed by atoms with van der Waals surface area (Å²) >= 11 is 0. The number of carbonyl (C=O) groups is 2. The number of piperidine rings is 1. The van der Waals surface area contributed by atoms with Gasteiger partial charge in [-0.1, -0.05) is 18.2 Å². The van der Waals surface area contributed by atoms with Crippen LogP contribution < -0.4 is 4.74 Å². The first-order valence-electron chi connectivity index (χ1n) is 11.2. The number of carbonyl (C=O) groups excluding carboxylic acids is 2. The van der Waals surface area contributed by atoms with Crippen molar-refractivity contribution >= 4 is 12.0 Å². The maximum absolute atomic E-state index is 13.2. The molecule has 2 amide bonds. The van der Waals surface area contributed by atoms with Gasteiger partial charge in [0.1, 0.15) is 18.1 Å². The first-order chi connectivity index (χ1) is 15.2. The third kappa shape index (κ3) is 4.74. The van der Waals surface area contributed by atoms with Crippen molar-refractivity contribution in [3.05, 3.63) is 47.8 Å². The van der Waals surface area contributed by atoms with E-state index in [1.165, 1.54) is 0 Å². The number of cyclic esters (lactones) is 1. The Morgan fingerprint density at radius 1 is 1.19 bits per heavy atom. The molecular weight excluding hydrogens is 408 g/mol. The van der Waals surface area contributed by atoms with Crippen LogP contribution in [0.5, 0.6) is 5.75 Å². The topological polar surface area (TPSA) is 76.9 Å². The highest BCUT2D eigenvalue weighted by atomic mass is 16.6. The number of rotatable bonds is 5. The largest absolute Gasteiger partial charge is 0.490 e. The van der Waals surface area contributed by atoms with Crippen LogP contribution in [0.4, 0.5) is 4.79 Å². The maximum atomic E-state index is 13.2. The molecule has 8 heteroatoms. The number of aromatic nitrogens is 2. The Morgan fingerprint density at radius 3 is 2.53 bits per heavy atom. The number of amides is 2. The van der Waals surface area contributed by atoms with Crippen LogP contribution in [0.1, 0.15) is 49.8 Å². The number of hydrogen-bond donors (Lipinski definition) is 0. The quantitative estimate of drug-likeness (QED) is 0.712. The van der Waals surface area contributed by atoms with Crippen molar-refractivity contribution in [1.29, 1.82) is 0 Å². The minimum absolute atomic E-state index is 0.00267. The van der Waals surface area contributed by atoms with E-state index in [9.17, 15) is 9.59 Å². The van der Waals surface area contributed by atoms with Gasteiger partial charge < -0.3 is 19.3 Å². The highest BCUT2D eigenvalue weighted by molar-refractivity contribution is 5.93. The summed E-state index contributed by atoms with van der Waals surface area (Å²) in [5.74, 6) is 0.760. The number of likely N-dealkylation sites (tertiary alicyclic amines) is 1. The average Bonchev–Trinajstić information content (AvgIpc) is 3.35. The molecule has 2 fully saturated rings. The molecule has 0 saturated carbocycles. The molecule has 3 heterocycles. The molecule has 2 aromatic rings. The smallest absolute Gasteiger partial charge is 0.410 e. The average molecular weight is 441 g/mol. The van der Waals surface area contributed by atoms with Gasteiger partial charge in [0.25, 0.3) is 5.91 Å². The molecule has 0 radical (unpaired) electrons. The zero-order valence-electron chi connectivity index (χ0n) is 19.3. The lowest BCUT2D eigenvalue weighted by Crippen LogP contribution is -2.48. The molecule has 0 spiro atoms. The number of para-hydroxylation sites is 1. The van der Waals surface area contributed by atoms with Crippen LogP contribution in [0.25, 0.3) is 0 Å². The molecule has 172 valence electrons. The van der Waals surface area contributed by atoms with Crippen LogP contribution in [-0.2, 0) is 10.3 Å². The number of ether oxygens (including phenoxy) is 2. The van der Waals surface area contributed by atoms with Crippen molar-refractivity contribution < 1.29 is 19.1 Å². The Hall–Kier alpha value is -3.03. The summed E-state index contributed by atoms with van der Waals surface area (Å²) in [7, 11) is 0. The normalized spacial score (nSPS) is 19.9. The lowest BCUT2D eigenvalue weighted by atomic mass is 10.0. The van der Waals surface area contributed by atoms with E-state index < -0.39 is 0 Å². The zero-order chi connectivity index (χ0) is 22.9. The van der Waals surface area contributed by atoms with Gasteiger partial charge in [-0.15, -0.1) is 0 Å². The Morgan fingerprint density at radius 2 is 1.88 bits per heavy atom. The molecule has 1 unspecified atom stereocenters. The third-order valence-corrected chi connectivity index (χ3v) is 5.96. The van der Waals surface area contributed by atoms with Gasteiger partial charge >= 0.3 is 6.09 Å². The SMILES string of the molecule is Cc1cc(C(=O)N2CCC(N3CC(COc4ccccc4)OC3=O)CC2)n(C(C)(C)C)n1. The fraction of sp³-hybridized carbons (Fsp3) is 0.542. The second-order valence-electron chi connectivity index (χ2n) is 9.56. The molecule has 4 rings (SSSR count). The summed E-state index contributed by atoms with van der Waals surface area (Å²) in [5, 5.41) is 4.52. The summed E-state index contributed by atoms with van der Waals surface area (Å²) < 4.78 is 13.1. The van der Waals surface area contributed by atoms with E-state index in [0.717, 1.165) is 24.3 Å². The summed E-state index contributed by atoms with van der Waals surface area (Å²) in [5.41, 5.74) is 1.18. The highest BCUT2D eigenvalue weighted by Gasteiger charge is 2.39. The summed E-state index contributed by atoms with van der Waals surface area (Å²) in [4.78, 5) is 29.3. The van der Waals surface area contributed by atoms with Crippen molar-refractivity contribution in [2.24, 2.45) is 0 Å². The second-order valence-corrected chi connectivity index (χ2v) is 9.56. The lowest BCUT2D eigenvalue weighted by Gasteiger charge is -2.36. The van der Waals surface area contributed by atoms with E-state index in [1.54, 1.807) is 4.90 Å². The monoisotopic (exact) mass is 440 g/mol. The minimum Gasteiger partial charge on any atom is -0.490 e. The predicted molar refractivity (Wildman–Crippen MR) is 120 cm³/mol. The van der Waals surface area contributed by atoms with Crippen LogP contribution >= 0.6 is 0 Å². The fourth-order valence-corrected chi connectivity index (χ4v) is 4.34. The molecule has 2 aliphatic heterocycles. The maximum Gasteiger partial charge on any atom is 0.410 e. The van der Waals surface area contributed by atoms with Crippen LogP contribution in [0.3, 0.4) is 0 Å². The molecule has 0 N–H and O–H groups in total. The second kappa shape index (κ2) is 8.84. The van der Waals surface area contributed by atoms with Crippen molar-refractivity contribution in [3.63, 3.8) is 0 Å². The Balaban J connectivity index is 1.32. The van der Waals surface area contributed by atoms with E-state index in [1.807, 2.05) is 73.7 Å². The number of nitrogens with zero attached hydrogens (tertiary/aromatic N) is 4. The first-order valence-corrected chi connectivity index (χ1v) is 11.2. The van der Waals surface area contributed by atoms with E-state index in [4.69, 9.17) is 9.47 Å². The molecule has 2 aliphatic rings. The Kier molecular flexibility index (Phi) is 6.13.